The lowest BCUT2D eigenvalue weighted by Gasteiger charge is -2.37. The Morgan fingerprint density at radius 2 is 1.41 bits per heavy atom. The number of ketones is 1. The Morgan fingerprint density at radius 3 is 2.10 bits per heavy atom. The van der Waals surface area contributed by atoms with Crippen LogP contribution in [0.25, 0.3) is 0 Å². The molecule has 3 aliphatic rings. The van der Waals surface area contributed by atoms with E-state index in [1.165, 1.54) is 42.5 Å². The molecule has 0 radical (unpaired) electrons. The van der Waals surface area contributed by atoms with Crippen molar-refractivity contribution in [3.63, 3.8) is 0 Å². The third-order valence-corrected chi connectivity index (χ3v) is 7.78. The number of aliphatic hydroxyl groups is 2. The van der Waals surface area contributed by atoms with Gasteiger partial charge in [-0.1, -0.05) is 12.1 Å². The summed E-state index contributed by atoms with van der Waals surface area (Å²) in [4.78, 5) is 14.3. The third kappa shape index (κ3) is 3.24. The van der Waals surface area contributed by atoms with Crippen LogP contribution in [-0.4, -0.2) is 47.6 Å². The van der Waals surface area contributed by atoms with E-state index in [9.17, 15) is 40.5 Å². The molecule has 1 spiro atoms. The smallest absolute Gasteiger partial charge is 0.287 e. The van der Waals surface area contributed by atoms with Crippen molar-refractivity contribution in [2.75, 3.05) is 0 Å². The molecule has 4 aromatic rings. The van der Waals surface area contributed by atoms with Crippen molar-refractivity contribution in [2.45, 2.75) is 30.0 Å². The van der Waals surface area contributed by atoms with Crippen molar-refractivity contribution in [1.82, 2.24) is 0 Å². The summed E-state index contributed by atoms with van der Waals surface area (Å²) in [7, 11) is 0. The Hall–Kier alpha value is -5.13. The molecule has 0 fully saturated rings. The summed E-state index contributed by atoms with van der Waals surface area (Å²) in [5, 5.41) is 74.6. The summed E-state index contributed by atoms with van der Waals surface area (Å²) in [6.07, 6.45) is -2.30. The molecule has 3 heterocycles. The van der Waals surface area contributed by atoms with Crippen LogP contribution >= 0.6 is 0 Å². The lowest BCUT2D eigenvalue weighted by Crippen LogP contribution is -2.55. The molecule has 0 aliphatic carbocycles. The number of ether oxygens (including phenoxy) is 3. The van der Waals surface area contributed by atoms with Gasteiger partial charge < -0.3 is 50.0 Å². The minimum absolute atomic E-state index is 0.00456. The van der Waals surface area contributed by atoms with Crippen LogP contribution in [0.4, 0.5) is 0 Å². The number of benzene rings is 4. The second-order valence-corrected chi connectivity index (χ2v) is 10.2. The lowest BCUT2D eigenvalue weighted by atomic mass is 9.77. The fourth-order valence-electron chi connectivity index (χ4n) is 5.90. The number of fused-ring (bicyclic) bond motifs is 5. The zero-order valence-electron chi connectivity index (χ0n) is 21.0. The van der Waals surface area contributed by atoms with E-state index in [-0.39, 0.29) is 63.2 Å². The first-order chi connectivity index (χ1) is 19.5. The Morgan fingerprint density at radius 1 is 0.756 bits per heavy atom. The number of aliphatic hydroxyl groups excluding tert-OH is 1. The Balaban J connectivity index is 1.50. The summed E-state index contributed by atoms with van der Waals surface area (Å²) in [6.45, 7) is 0. The molecule has 4 atom stereocenters. The van der Waals surface area contributed by atoms with Crippen LogP contribution in [0.5, 0.6) is 46.0 Å². The number of hydrogen-bond acceptors (Lipinski definition) is 11. The second kappa shape index (κ2) is 8.19. The van der Waals surface area contributed by atoms with Gasteiger partial charge in [-0.25, -0.2) is 0 Å². The number of hydrogen-bond donors (Lipinski definition) is 7. The van der Waals surface area contributed by atoms with Gasteiger partial charge in [0.25, 0.3) is 11.4 Å². The van der Waals surface area contributed by atoms with E-state index in [0.717, 1.165) is 12.1 Å². The molecule has 7 N–H and O–H groups in total. The molecule has 11 heteroatoms. The maximum absolute atomic E-state index is 14.3. The summed E-state index contributed by atoms with van der Waals surface area (Å²) in [6, 6.07) is 14.3. The number of Topliss-reactive ketones (excluding diaryl/α,β-unsaturated/α-hetero) is 1. The van der Waals surface area contributed by atoms with Crippen LogP contribution in [-0.2, 0) is 17.8 Å². The topological polar surface area (TPSA) is 186 Å². The molecule has 4 unspecified atom stereocenters. The molecule has 0 bridgehead atoms. The summed E-state index contributed by atoms with van der Waals surface area (Å²) < 4.78 is 18.5. The largest absolute Gasteiger partial charge is 0.508 e. The van der Waals surface area contributed by atoms with E-state index in [1.54, 1.807) is 12.1 Å². The monoisotopic (exact) mass is 558 g/mol. The molecule has 0 aromatic heterocycles. The van der Waals surface area contributed by atoms with E-state index in [2.05, 4.69) is 0 Å². The summed E-state index contributed by atoms with van der Waals surface area (Å²) in [5.41, 5.74) is -2.34. The zero-order valence-corrected chi connectivity index (χ0v) is 21.0. The van der Waals surface area contributed by atoms with E-state index >= 15 is 0 Å². The molecule has 41 heavy (non-hydrogen) atoms. The number of carbonyl (C=O) groups excluding carboxylic acids is 1. The Bertz CT molecular complexity index is 1750. The molecular weight excluding hydrogens is 536 g/mol. The zero-order chi connectivity index (χ0) is 28.8. The maximum atomic E-state index is 14.3. The average Bonchev–Trinajstić information content (AvgIpc) is 3.36. The van der Waals surface area contributed by atoms with Crippen molar-refractivity contribution in [2.24, 2.45) is 0 Å². The number of carbonyl (C=O) groups is 1. The molecule has 11 nitrogen and oxygen atoms in total. The minimum atomic E-state index is -2.63. The minimum Gasteiger partial charge on any atom is -0.508 e. The van der Waals surface area contributed by atoms with Gasteiger partial charge in [0, 0.05) is 35.7 Å². The van der Waals surface area contributed by atoms with Crippen LogP contribution in [0.1, 0.15) is 38.7 Å². The van der Waals surface area contributed by atoms with Crippen LogP contribution in [0.15, 0.2) is 66.7 Å². The van der Waals surface area contributed by atoms with Crippen molar-refractivity contribution in [1.29, 1.82) is 0 Å². The van der Waals surface area contributed by atoms with Gasteiger partial charge in [-0.15, -0.1) is 0 Å². The molecule has 0 saturated heterocycles. The van der Waals surface area contributed by atoms with Crippen molar-refractivity contribution in [3.05, 3.63) is 94.5 Å². The molecule has 3 aliphatic heterocycles. The summed E-state index contributed by atoms with van der Waals surface area (Å²) >= 11 is 0. The number of phenolic OH excluding ortho intramolecular Hbond substituents is 5. The number of phenols is 5. The molecule has 208 valence electrons. The number of rotatable bonds is 2. The molecule has 0 saturated carbocycles. The third-order valence-electron chi connectivity index (χ3n) is 7.78. The van der Waals surface area contributed by atoms with Crippen LogP contribution in [0.3, 0.4) is 0 Å². The lowest BCUT2D eigenvalue weighted by molar-refractivity contribution is -0.218. The Kier molecular flexibility index (Phi) is 4.97. The van der Waals surface area contributed by atoms with E-state index in [1.807, 2.05) is 0 Å². The number of aromatic hydroxyl groups is 5. The normalized spacial score (nSPS) is 25.6. The predicted molar refractivity (Wildman–Crippen MR) is 138 cm³/mol. The van der Waals surface area contributed by atoms with Gasteiger partial charge in [0.05, 0.1) is 11.7 Å². The van der Waals surface area contributed by atoms with Gasteiger partial charge >= 0.3 is 0 Å². The molecule has 4 aromatic carbocycles. The summed E-state index contributed by atoms with van der Waals surface area (Å²) in [5.74, 6) is -5.55. The second-order valence-electron chi connectivity index (χ2n) is 10.2. The molecule has 7 rings (SSSR count). The van der Waals surface area contributed by atoms with Crippen molar-refractivity contribution < 1.29 is 54.8 Å². The van der Waals surface area contributed by atoms with E-state index in [0.29, 0.717) is 5.56 Å². The maximum Gasteiger partial charge on any atom is 0.287 e. The van der Waals surface area contributed by atoms with Gasteiger partial charge in [0.2, 0.25) is 5.78 Å². The standard InChI is InChI=1S/C30H22O11/c31-15-5-1-13(2-6-15)26-21(36)11-18-19(34)12-23-25(27(18)39-26)29(30(38,41-23)14-3-7-16(32)8-4-14)28(37)24-20(35)9-17(33)10-22(24)40-29/h1-10,12,21,26,31-36,38H,11H2. The highest BCUT2D eigenvalue weighted by molar-refractivity contribution is 6.12. The highest BCUT2D eigenvalue weighted by Gasteiger charge is 2.73. The van der Waals surface area contributed by atoms with Gasteiger partial charge in [0.15, 0.2) is 0 Å². The Labute approximate surface area is 231 Å². The first-order valence-corrected chi connectivity index (χ1v) is 12.6. The first-order valence-electron chi connectivity index (χ1n) is 12.6. The van der Waals surface area contributed by atoms with Crippen molar-refractivity contribution >= 4 is 5.78 Å². The fourth-order valence-corrected chi connectivity index (χ4v) is 5.90. The SMILES string of the molecule is O=C1c2c(O)cc(O)cc2OC12c1c(cc(O)c3c1OC(c1ccc(O)cc1)C(O)C3)OC2(O)c1ccc(O)cc1. The predicted octanol–water partition coefficient (Wildman–Crippen LogP) is 2.96. The average molecular weight is 558 g/mol. The fraction of sp³-hybridized carbons (Fsp3) is 0.167. The van der Waals surface area contributed by atoms with Crippen LogP contribution < -0.4 is 14.2 Å². The van der Waals surface area contributed by atoms with E-state index < -0.39 is 40.9 Å². The highest BCUT2D eigenvalue weighted by atomic mass is 16.7. The van der Waals surface area contributed by atoms with Gasteiger partial charge in [-0.05, 0) is 42.0 Å². The molecule has 0 amide bonds. The van der Waals surface area contributed by atoms with Gasteiger partial charge in [-0.3, -0.25) is 4.79 Å². The van der Waals surface area contributed by atoms with Gasteiger partial charge in [-0.2, -0.15) is 0 Å². The highest BCUT2D eigenvalue weighted by Crippen LogP contribution is 2.64. The van der Waals surface area contributed by atoms with Crippen LogP contribution in [0.2, 0.25) is 0 Å². The molecular formula is C30H22O11. The van der Waals surface area contributed by atoms with Crippen LogP contribution in [0, 0.1) is 0 Å². The van der Waals surface area contributed by atoms with E-state index in [4.69, 9.17) is 14.2 Å². The van der Waals surface area contributed by atoms with Gasteiger partial charge in [0.1, 0.15) is 57.7 Å². The quantitative estimate of drug-likeness (QED) is 0.192. The first kappa shape index (κ1) is 24.9. The van der Waals surface area contributed by atoms with Crippen molar-refractivity contribution in [3.8, 4) is 46.0 Å².